The smallest absolute Gasteiger partial charge is 0.345 e. The second-order valence-corrected chi connectivity index (χ2v) is 4.31. The number of hydrogen-bond acceptors (Lipinski definition) is 6. The van der Waals surface area contributed by atoms with Crippen molar-refractivity contribution >= 4 is 5.97 Å². The molecule has 0 bridgehead atoms. The summed E-state index contributed by atoms with van der Waals surface area (Å²) in [5.74, 6) is 0.878. The Hall–Kier alpha value is -2.76. The van der Waals surface area contributed by atoms with Crippen LogP contribution in [0.15, 0.2) is 39.7 Å². The number of ether oxygens (including phenoxy) is 3. The molecule has 0 atom stereocenters. The molecule has 0 amide bonds. The number of fused-ring (bicyclic) bond motifs is 1. The van der Waals surface area contributed by atoms with Gasteiger partial charge in [0.15, 0.2) is 16.9 Å². The van der Waals surface area contributed by atoms with Gasteiger partial charge in [-0.15, -0.1) is 0 Å². The monoisotopic (exact) mass is 288 g/mol. The van der Waals surface area contributed by atoms with Gasteiger partial charge in [-0.25, -0.2) is 4.79 Å². The van der Waals surface area contributed by atoms with E-state index >= 15 is 0 Å². The minimum atomic E-state index is -0.691. The predicted molar refractivity (Wildman–Crippen MR) is 72.5 cm³/mol. The first-order chi connectivity index (χ1) is 10.2. The van der Waals surface area contributed by atoms with Crippen LogP contribution in [0.5, 0.6) is 11.5 Å². The van der Waals surface area contributed by atoms with Crippen LogP contribution in [-0.4, -0.2) is 19.4 Å². The molecule has 3 rings (SSSR count). The maximum atomic E-state index is 11.9. The van der Waals surface area contributed by atoms with E-state index in [2.05, 4.69) is 0 Å². The highest BCUT2D eigenvalue weighted by molar-refractivity contribution is 5.89. The van der Waals surface area contributed by atoms with Gasteiger partial charge in [0.05, 0.1) is 6.61 Å². The highest BCUT2D eigenvalue weighted by atomic mass is 16.7. The van der Waals surface area contributed by atoms with Crippen molar-refractivity contribution in [2.24, 2.45) is 0 Å². The summed E-state index contributed by atoms with van der Waals surface area (Å²) in [4.78, 5) is 23.5. The molecular formula is C15H12O6. The van der Waals surface area contributed by atoms with Crippen molar-refractivity contribution in [1.29, 1.82) is 0 Å². The van der Waals surface area contributed by atoms with Crippen LogP contribution >= 0.6 is 0 Å². The van der Waals surface area contributed by atoms with Gasteiger partial charge in [-0.05, 0) is 25.1 Å². The number of esters is 1. The molecule has 0 N–H and O–H groups in total. The summed E-state index contributed by atoms with van der Waals surface area (Å²) in [5, 5.41) is 0. The predicted octanol–water partition coefficient (Wildman–Crippen LogP) is 2.21. The third-order valence-electron chi connectivity index (χ3n) is 2.98. The lowest BCUT2D eigenvalue weighted by Gasteiger charge is -2.04. The molecule has 2 aromatic rings. The van der Waals surface area contributed by atoms with E-state index in [1.54, 1.807) is 25.1 Å². The van der Waals surface area contributed by atoms with Crippen molar-refractivity contribution < 1.29 is 23.4 Å². The van der Waals surface area contributed by atoms with Crippen LogP contribution in [0.2, 0.25) is 0 Å². The van der Waals surface area contributed by atoms with Crippen molar-refractivity contribution in [2.45, 2.75) is 6.92 Å². The lowest BCUT2D eigenvalue weighted by molar-refractivity contribution is 0.0522. The molecule has 6 nitrogen and oxygen atoms in total. The average Bonchev–Trinajstić information content (AvgIpc) is 2.94. The quantitative estimate of drug-likeness (QED) is 0.806. The zero-order chi connectivity index (χ0) is 14.8. The fourth-order valence-electron chi connectivity index (χ4n) is 1.97. The van der Waals surface area contributed by atoms with E-state index in [4.69, 9.17) is 18.6 Å². The molecule has 0 radical (unpaired) electrons. The fourth-order valence-corrected chi connectivity index (χ4v) is 1.97. The molecule has 1 aromatic carbocycles. The van der Waals surface area contributed by atoms with Crippen LogP contribution in [0, 0.1) is 0 Å². The van der Waals surface area contributed by atoms with E-state index < -0.39 is 11.4 Å². The average molecular weight is 288 g/mol. The summed E-state index contributed by atoms with van der Waals surface area (Å²) in [6.45, 7) is 2.03. The van der Waals surface area contributed by atoms with E-state index in [0.29, 0.717) is 22.8 Å². The van der Waals surface area contributed by atoms with E-state index in [-0.39, 0.29) is 19.0 Å². The second-order valence-electron chi connectivity index (χ2n) is 4.31. The summed E-state index contributed by atoms with van der Waals surface area (Å²) < 4.78 is 20.6. The standard InChI is InChI=1S/C15H12O6/c1-2-18-15(17)10-7-19-13(6-11(10)16)9-3-4-12-14(5-9)21-8-20-12/h3-7H,2,8H2,1H3. The van der Waals surface area contributed by atoms with E-state index in [1.807, 2.05) is 0 Å². The third-order valence-corrected chi connectivity index (χ3v) is 2.98. The number of hydrogen-bond donors (Lipinski definition) is 0. The Morgan fingerprint density at radius 3 is 2.81 bits per heavy atom. The zero-order valence-corrected chi connectivity index (χ0v) is 11.3. The lowest BCUT2D eigenvalue weighted by Crippen LogP contribution is -2.16. The Morgan fingerprint density at radius 2 is 2.05 bits per heavy atom. The molecule has 0 aliphatic carbocycles. The second kappa shape index (κ2) is 5.32. The molecule has 0 saturated carbocycles. The SMILES string of the molecule is CCOC(=O)c1coc(-c2ccc3c(c2)OCO3)cc1=O. The van der Waals surface area contributed by atoms with Gasteiger partial charge >= 0.3 is 5.97 Å². The van der Waals surface area contributed by atoms with Gasteiger partial charge in [-0.2, -0.15) is 0 Å². The maximum absolute atomic E-state index is 11.9. The Bertz CT molecular complexity index is 746. The van der Waals surface area contributed by atoms with Gasteiger partial charge in [0.25, 0.3) is 0 Å². The first kappa shape index (κ1) is 13.2. The molecule has 2 heterocycles. The molecule has 108 valence electrons. The number of benzene rings is 1. The van der Waals surface area contributed by atoms with Gasteiger partial charge < -0.3 is 18.6 Å². The van der Waals surface area contributed by atoms with Gasteiger partial charge in [0.2, 0.25) is 6.79 Å². The van der Waals surface area contributed by atoms with E-state index in [1.165, 1.54) is 6.07 Å². The van der Waals surface area contributed by atoms with Crippen LogP contribution < -0.4 is 14.9 Å². The molecule has 1 aliphatic rings. The summed E-state index contributed by atoms with van der Waals surface area (Å²) in [6.07, 6.45) is 1.11. The summed E-state index contributed by atoms with van der Waals surface area (Å²) in [6, 6.07) is 6.45. The van der Waals surface area contributed by atoms with Crippen molar-refractivity contribution in [2.75, 3.05) is 13.4 Å². The normalized spacial score (nSPS) is 12.2. The molecule has 0 fully saturated rings. The summed E-state index contributed by atoms with van der Waals surface area (Å²) >= 11 is 0. The Morgan fingerprint density at radius 1 is 1.24 bits per heavy atom. The Labute approximate surface area is 119 Å². The molecule has 0 spiro atoms. The van der Waals surface area contributed by atoms with Crippen LogP contribution in [0.4, 0.5) is 0 Å². The van der Waals surface area contributed by atoms with Gasteiger partial charge in [0, 0.05) is 11.6 Å². The van der Waals surface area contributed by atoms with Crippen LogP contribution in [0.1, 0.15) is 17.3 Å². The molecular weight excluding hydrogens is 276 g/mol. The molecule has 21 heavy (non-hydrogen) atoms. The highest BCUT2D eigenvalue weighted by Gasteiger charge is 2.17. The van der Waals surface area contributed by atoms with Crippen LogP contribution in [0.3, 0.4) is 0 Å². The van der Waals surface area contributed by atoms with Crippen molar-refractivity contribution in [3.8, 4) is 22.8 Å². The first-order valence-corrected chi connectivity index (χ1v) is 6.39. The van der Waals surface area contributed by atoms with E-state index in [0.717, 1.165) is 6.26 Å². The van der Waals surface area contributed by atoms with Gasteiger partial charge in [-0.3, -0.25) is 4.79 Å². The van der Waals surface area contributed by atoms with Crippen molar-refractivity contribution in [3.63, 3.8) is 0 Å². The van der Waals surface area contributed by atoms with Crippen LogP contribution in [0.25, 0.3) is 11.3 Å². The van der Waals surface area contributed by atoms with Gasteiger partial charge in [0.1, 0.15) is 17.6 Å². The largest absolute Gasteiger partial charge is 0.463 e. The van der Waals surface area contributed by atoms with Gasteiger partial charge in [-0.1, -0.05) is 0 Å². The number of carbonyl (C=O) groups is 1. The summed E-state index contributed by atoms with van der Waals surface area (Å²) in [5.41, 5.74) is 0.0838. The van der Waals surface area contributed by atoms with Crippen molar-refractivity contribution in [1.82, 2.24) is 0 Å². The van der Waals surface area contributed by atoms with Crippen LogP contribution in [-0.2, 0) is 4.74 Å². The molecule has 0 saturated heterocycles. The number of carbonyl (C=O) groups excluding carboxylic acids is 1. The lowest BCUT2D eigenvalue weighted by atomic mass is 10.1. The summed E-state index contributed by atoms with van der Waals surface area (Å²) in [7, 11) is 0. The minimum absolute atomic E-state index is 0.124. The number of rotatable bonds is 3. The first-order valence-electron chi connectivity index (χ1n) is 6.39. The molecule has 6 heteroatoms. The molecule has 1 aliphatic heterocycles. The zero-order valence-electron chi connectivity index (χ0n) is 11.3. The molecule has 0 unspecified atom stereocenters. The Kier molecular flexibility index (Phi) is 3.35. The maximum Gasteiger partial charge on any atom is 0.345 e. The Balaban J connectivity index is 1.95. The third kappa shape index (κ3) is 2.47. The topological polar surface area (TPSA) is 75.0 Å². The minimum Gasteiger partial charge on any atom is -0.463 e. The van der Waals surface area contributed by atoms with E-state index in [9.17, 15) is 9.59 Å². The fraction of sp³-hybridized carbons (Fsp3) is 0.200. The van der Waals surface area contributed by atoms with Crippen molar-refractivity contribution in [3.05, 3.63) is 46.3 Å². The highest BCUT2D eigenvalue weighted by Crippen LogP contribution is 2.35. The molecule has 1 aromatic heterocycles.